The third-order valence-corrected chi connectivity index (χ3v) is 5.36. The Morgan fingerprint density at radius 2 is 1.64 bits per heavy atom. The van der Waals surface area contributed by atoms with Gasteiger partial charge in [0, 0.05) is 5.56 Å². The van der Waals surface area contributed by atoms with Crippen LogP contribution in [-0.2, 0) is 14.0 Å². The number of benzene rings is 1. The van der Waals surface area contributed by atoms with Crippen molar-refractivity contribution in [2.45, 2.75) is 58.5 Å². The Hall–Kier alpha value is -1.55. The Morgan fingerprint density at radius 1 is 1.08 bits per heavy atom. The molecule has 1 fully saturated rings. The molecule has 0 bridgehead atoms. The van der Waals surface area contributed by atoms with Crippen LogP contribution >= 0.6 is 0 Å². The topological polar surface area (TPSA) is 44.8 Å². The summed E-state index contributed by atoms with van der Waals surface area (Å²) in [7, 11) is -0.695. The molecule has 1 aromatic carbocycles. The first-order valence-electron chi connectivity index (χ1n) is 8.47. The van der Waals surface area contributed by atoms with Crippen molar-refractivity contribution in [1.29, 1.82) is 0 Å². The van der Waals surface area contributed by atoms with Crippen LogP contribution in [0.5, 0.6) is 0 Å². The highest BCUT2D eigenvalue weighted by molar-refractivity contribution is 6.83. The molecule has 0 unspecified atom stereocenters. The van der Waals surface area contributed by atoms with Gasteiger partial charge in [0.25, 0.3) is 0 Å². The summed E-state index contributed by atoms with van der Waals surface area (Å²) in [6.45, 7) is 14.6. The first kappa shape index (κ1) is 19.8. The van der Waals surface area contributed by atoms with Crippen molar-refractivity contribution >= 4 is 26.6 Å². The molecule has 4 nitrogen and oxygen atoms in total. The van der Waals surface area contributed by atoms with Crippen LogP contribution in [0.1, 0.15) is 43.6 Å². The fourth-order valence-electron chi connectivity index (χ4n) is 2.33. The number of esters is 1. The number of methoxy groups -OCH3 is 1. The molecule has 0 aromatic heterocycles. The maximum atomic E-state index is 12.0. The second kappa shape index (κ2) is 6.64. The van der Waals surface area contributed by atoms with E-state index in [1.54, 1.807) is 12.1 Å². The number of hydrogen-bond acceptors (Lipinski definition) is 4. The highest BCUT2D eigenvalue weighted by Gasteiger charge is 2.51. The first-order chi connectivity index (χ1) is 11.3. The number of carbonyl (C=O) groups is 1. The number of rotatable bonds is 2. The summed E-state index contributed by atoms with van der Waals surface area (Å²) >= 11 is 0. The van der Waals surface area contributed by atoms with E-state index in [-0.39, 0.29) is 0 Å². The highest BCUT2D eigenvalue weighted by Crippen LogP contribution is 2.36. The van der Waals surface area contributed by atoms with Crippen molar-refractivity contribution in [2.75, 3.05) is 7.11 Å². The van der Waals surface area contributed by atoms with E-state index in [0.29, 0.717) is 5.56 Å². The molecule has 0 N–H and O–H groups in total. The van der Waals surface area contributed by atoms with Gasteiger partial charge in [-0.1, -0.05) is 25.6 Å². The molecule has 25 heavy (non-hydrogen) atoms. The summed E-state index contributed by atoms with van der Waals surface area (Å²) in [6, 6.07) is 5.45. The predicted molar refractivity (Wildman–Crippen MR) is 104 cm³/mol. The average Bonchev–Trinajstić information content (AvgIpc) is 2.71. The van der Waals surface area contributed by atoms with Gasteiger partial charge in [-0.3, -0.25) is 0 Å². The molecule has 6 heteroatoms. The van der Waals surface area contributed by atoms with Gasteiger partial charge >= 0.3 is 13.1 Å². The Bertz CT molecular complexity index is 722. The highest BCUT2D eigenvalue weighted by atomic mass is 28.3. The van der Waals surface area contributed by atoms with Crippen LogP contribution in [0.4, 0.5) is 0 Å². The molecule has 0 radical (unpaired) electrons. The van der Waals surface area contributed by atoms with Crippen molar-refractivity contribution in [3.05, 3.63) is 29.3 Å². The van der Waals surface area contributed by atoms with Gasteiger partial charge in [0.05, 0.1) is 23.9 Å². The normalized spacial score (nSPS) is 18.5. The van der Waals surface area contributed by atoms with Crippen molar-refractivity contribution < 1.29 is 18.8 Å². The van der Waals surface area contributed by atoms with Crippen molar-refractivity contribution in [3.63, 3.8) is 0 Å². The molecule has 1 aromatic rings. The Balaban J connectivity index is 2.47. The van der Waals surface area contributed by atoms with Gasteiger partial charge in [0.1, 0.15) is 8.07 Å². The van der Waals surface area contributed by atoms with Crippen molar-refractivity contribution in [3.8, 4) is 11.5 Å². The molecule has 0 aliphatic carbocycles. The van der Waals surface area contributed by atoms with E-state index in [9.17, 15) is 4.79 Å². The van der Waals surface area contributed by atoms with Crippen LogP contribution in [0, 0.1) is 11.5 Å². The lowest BCUT2D eigenvalue weighted by molar-refractivity contribution is 0.00578. The Labute approximate surface area is 152 Å². The SMILES string of the molecule is COC(=O)c1cc(C#C[Si](C)(C)C)cc(B2OC(C)(C)C(C)(C)O2)c1. The van der Waals surface area contributed by atoms with Gasteiger partial charge in [-0.2, -0.15) is 0 Å². The molecular formula is C19H27BO4Si. The van der Waals surface area contributed by atoms with E-state index in [1.165, 1.54) is 7.11 Å². The zero-order chi connectivity index (χ0) is 19.0. The van der Waals surface area contributed by atoms with Gasteiger partial charge in [0.15, 0.2) is 0 Å². The minimum Gasteiger partial charge on any atom is -0.465 e. The van der Waals surface area contributed by atoms with Gasteiger partial charge in [0.2, 0.25) is 0 Å². The molecule has 1 saturated heterocycles. The molecule has 1 aliphatic rings. The quantitative estimate of drug-likeness (QED) is 0.463. The largest absolute Gasteiger partial charge is 0.494 e. The standard InChI is InChI=1S/C19H27BO4Si/c1-18(2)19(3,4)24-20(23-18)16-12-14(9-10-25(6,7)8)11-15(13-16)17(21)22-5/h11-13H,1-8H3. The maximum Gasteiger partial charge on any atom is 0.494 e. The summed E-state index contributed by atoms with van der Waals surface area (Å²) in [5.74, 6) is 2.81. The average molecular weight is 358 g/mol. The Morgan fingerprint density at radius 3 is 2.12 bits per heavy atom. The van der Waals surface area contributed by atoms with E-state index in [1.807, 2.05) is 33.8 Å². The maximum absolute atomic E-state index is 12.0. The summed E-state index contributed by atoms with van der Waals surface area (Å²) in [5, 5.41) is 0. The van der Waals surface area contributed by atoms with E-state index in [0.717, 1.165) is 11.0 Å². The molecule has 1 heterocycles. The van der Waals surface area contributed by atoms with Gasteiger partial charge in [-0.25, -0.2) is 4.79 Å². The van der Waals surface area contributed by atoms with Crippen LogP contribution in [0.3, 0.4) is 0 Å². The van der Waals surface area contributed by atoms with Gasteiger partial charge < -0.3 is 14.0 Å². The van der Waals surface area contributed by atoms with Gasteiger partial charge in [-0.05, 0) is 51.4 Å². The Kier molecular flexibility index (Phi) is 5.25. The first-order valence-corrected chi connectivity index (χ1v) is 12.0. The van der Waals surface area contributed by atoms with E-state index in [4.69, 9.17) is 14.0 Å². The zero-order valence-electron chi connectivity index (χ0n) is 16.4. The van der Waals surface area contributed by atoms with Crippen LogP contribution < -0.4 is 5.46 Å². The van der Waals surface area contributed by atoms with E-state index in [2.05, 4.69) is 31.1 Å². The van der Waals surface area contributed by atoms with Crippen molar-refractivity contribution in [1.82, 2.24) is 0 Å². The van der Waals surface area contributed by atoms with Crippen LogP contribution in [0.25, 0.3) is 0 Å². The third kappa shape index (κ3) is 4.55. The summed E-state index contributed by atoms with van der Waals surface area (Å²) < 4.78 is 17.1. The zero-order valence-corrected chi connectivity index (χ0v) is 17.4. The number of ether oxygens (including phenoxy) is 1. The number of hydrogen-bond donors (Lipinski definition) is 0. The lowest BCUT2D eigenvalue weighted by atomic mass is 9.77. The molecule has 2 rings (SSSR count). The summed E-state index contributed by atoms with van der Waals surface area (Å²) in [6.07, 6.45) is 0. The molecular weight excluding hydrogens is 331 g/mol. The minimum atomic E-state index is -1.53. The lowest BCUT2D eigenvalue weighted by Gasteiger charge is -2.32. The monoisotopic (exact) mass is 358 g/mol. The molecule has 0 atom stereocenters. The second-order valence-electron chi connectivity index (χ2n) is 8.42. The van der Waals surface area contributed by atoms with Crippen LogP contribution in [0.2, 0.25) is 19.6 Å². The summed E-state index contributed by atoms with van der Waals surface area (Å²) in [4.78, 5) is 12.0. The lowest BCUT2D eigenvalue weighted by Crippen LogP contribution is -2.41. The van der Waals surface area contributed by atoms with E-state index < -0.39 is 32.4 Å². The van der Waals surface area contributed by atoms with Crippen molar-refractivity contribution in [2.24, 2.45) is 0 Å². The second-order valence-corrected chi connectivity index (χ2v) is 13.2. The molecule has 0 saturated carbocycles. The molecule has 0 amide bonds. The minimum absolute atomic E-state index is 0.394. The fraction of sp³-hybridized carbons (Fsp3) is 0.526. The van der Waals surface area contributed by atoms with Crippen LogP contribution in [0.15, 0.2) is 18.2 Å². The predicted octanol–water partition coefficient (Wildman–Crippen LogP) is 3.00. The van der Waals surface area contributed by atoms with Crippen LogP contribution in [-0.4, -0.2) is 39.5 Å². The third-order valence-electron chi connectivity index (χ3n) is 4.48. The molecule has 0 spiro atoms. The van der Waals surface area contributed by atoms with E-state index >= 15 is 0 Å². The fourth-order valence-corrected chi connectivity index (χ4v) is 2.85. The number of carbonyl (C=O) groups excluding carboxylic acids is 1. The smallest absolute Gasteiger partial charge is 0.465 e. The summed E-state index contributed by atoms with van der Waals surface area (Å²) in [5.41, 5.74) is 4.45. The van der Waals surface area contributed by atoms with Gasteiger partial charge in [-0.15, -0.1) is 5.54 Å². The molecule has 134 valence electrons. The molecule has 1 aliphatic heterocycles.